The molecule has 1 unspecified atom stereocenters. The molecule has 1 atom stereocenters. The van der Waals surface area contributed by atoms with Gasteiger partial charge in [-0.2, -0.15) is 0 Å². The van der Waals surface area contributed by atoms with Crippen molar-refractivity contribution in [2.24, 2.45) is 0 Å². The highest BCUT2D eigenvalue weighted by Crippen LogP contribution is 2.34. The maximum absolute atomic E-state index is 13.2. The molecule has 1 saturated heterocycles. The number of fused-ring (bicyclic) bond motifs is 1. The van der Waals surface area contributed by atoms with Crippen LogP contribution in [0.2, 0.25) is 0 Å². The van der Waals surface area contributed by atoms with Gasteiger partial charge in [0.25, 0.3) is 0 Å². The fraction of sp³-hybridized carbons (Fsp3) is 0.214. The molecule has 262 valence electrons. The van der Waals surface area contributed by atoms with Crippen molar-refractivity contribution in [2.75, 3.05) is 25.0 Å². The van der Waals surface area contributed by atoms with Gasteiger partial charge in [-0.25, -0.2) is 9.97 Å². The van der Waals surface area contributed by atoms with Crippen LogP contribution in [0.25, 0.3) is 33.8 Å². The van der Waals surface area contributed by atoms with Crippen molar-refractivity contribution >= 4 is 34.4 Å². The molecule has 0 radical (unpaired) electrons. The lowest BCUT2D eigenvalue weighted by molar-refractivity contribution is -0.134. The number of aromatic amines is 1. The topological polar surface area (TPSA) is 124 Å². The zero-order chi connectivity index (χ0) is 35.9. The van der Waals surface area contributed by atoms with Gasteiger partial charge >= 0.3 is 0 Å². The Morgan fingerprint density at radius 2 is 1.69 bits per heavy atom. The minimum atomic E-state index is -0.297. The number of hydrogen-bond acceptors (Lipinski definition) is 6. The maximum atomic E-state index is 13.2. The molecule has 3 amide bonds. The molecular formula is C42H40N6O4. The number of carbonyl (C=O) groups excluding carboxylic acids is 3. The molecule has 7 rings (SSSR count). The molecule has 3 heterocycles. The van der Waals surface area contributed by atoms with Crippen molar-refractivity contribution < 1.29 is 18.8 Å². The molecule has 10 heteroatoms. The summed E-state index contributed by atoms with van der Waals surface area (Å²) in [5.41, 5.74) is 5.64. The van der Waals surface area contributed by atoms with Crippen molar-refractivity contribution in [3.63, 3.8) is 0 Å². The number of H-pyrrole nitrogens is 1. The second-order valence-electron chi connectivity index (χ2n) is 13.0. The van der Waals surface area contributed by atoms with E-state index in [4.69, 9.17) is 9.40 Å². The summed E-state index contributed by atoms with van der Waals surface area (Å²) in [6.45, 7) is 4.81. The molecule has 0 spiro atoms. The minimum absolute atomic E-state index is 0.0727. The molecule has 4 aromatic carbocycles. The lowest BCUT2D eigenvalue weighted by atomic mass is 10.1. The molecule has 0 bridgehead atoms. The molecule has 1 aliphatic heterocycles. The second-order valence-corrected chi connectivity index (χ2v) is 13.0. The van der Waals surface area contributed by atoms with E-state index in [0.717, 1.165) is 52.0 Å². The average molecular weight is 693 g/mol. The number of aromatic nitrogens is 3. The maximum Gasteiger partial charge on any atom is 0.243 e. The lowest BCUT2D eigenvalue weighted by Gasteiger charge is -2.23. The number of amides is 3. The quantitative estimate of drug-likeness (QED) is 0.122. The normalized spacial score (nSPS) is 14.0. The SMILES string of the molecule is C=CCCN(CC(=O)Nc1cccc(-c2cnc(-c3ccc4nc(C5CCCN5C(=O)Cc5ccccc5)[nH]c4c3)o2)c1)C(=O)Cc1ccccc1. The van der Waals surface area contributed by atoms with Crippen LogP contribution in [0.3, 0.4) is 0 Å². The van der Waals surface area contributed by atoms with E-state index in [1.54, 1.807) is 23.2 Å². The third-order valence-electron chi connectivity index (χ3n) is 9.26. The lowest BCUT2D eigenvalue weighted by Crippen LogP contribution is -2.39. The number of carbonyl (C=O) groups is 3. The van der Waals surface area contributed by atoms with E-state index in [1.807, 2.05) is 102 Å². The largest absolute Gasteiger partial charge is 0.436 e. The number of oxazole rings is 1. The number of anilines is 1. The summed E-state index contributed by atoms with van der Waals surface area (Å²) in [4.78, 5) is 55.8. The summed E-state index contributed by atoms with van der Waals surface area (Å²) >= 11 is 0. The Labute approximate surface area is 302 Å². The Morgan fingerprint density at radius 3 is 2.46 bits per heavy atom. The Kier molecular flexibility index (Phi) is 10.3. The number of benzene rings is 4. The Balaban J connectivity index is 1.01. The van der Waals surface area contributed by atoms with Gasteiger partial charge in [0.15, 0.2) is 5.76 Å². The van der Waals surface area contributed by atoms with E-state index in [-0.39, 0.29) is 36.7 Å². The van der Waals surface area contributed by atoms with Crippen molar-refractivity contribution in [1.29, 1.82) is 0 Å². The van der Waals surface area contributed by atoms with Crippen LogP contribution in [-0.2, 0) is 27.2 Å². The smallest absolute Gasteiger partial charge is 0.243 e. The van der Waals surface area contributed by atoms with Gasteiger partial charge < -0.3 is 24.5 Å². The number of nitrogens with one attached hydrogen (secondary N) is 2. The Hall–Kier alpha value is -6.29. The first-order valence-electron chi connectivity index (χ1n) is 17.6. The summed E-state index contributed by atoms with van der Waals surface area (Å²) in [5, 5.41) is 2.93. The molecular weight excluding hydrogens is 653 g/mol. The van der Waals surface area contributed by atoms with Crippen LogP contribution in [0.5, 0.6) is 0 Å². The van der Waals surface area contributed by atoms with Gasteiger partial charge in [-0.15, -0.1) is 6.58 Å². The zero-order valence-electron chi connectivity index (χ0n) is 28.8. The van der Waals surface area contributed by atoms with E-state index < -0.39 is 0 Å². The predicted molar refractivity (Wildman–Crippen MR) is 201 cm³/mol. The fourth-order valence-corrected chi connectivity index (χ4v) is 6.63. The number of hydrogen-bond donors (Lipinski definition) is 2. The van der Waals surface area contributed by atoms with Gasteiger partial charge in [0.2, 0.25) is 23.6 Å². The molecule has 0 aliphatic carbocycles. The van der Waals surface area contributed by atoms with Gasteiger partial charge in [-0.3, -0.25) is 14.4 Å². The van der Waals surface area contributed by atoms with Crippen LogP contribution in [-0.4, -0.2) is 62.1 Å². The van der Waals surface area contributed by atoms with Crippen molar-refractivity contribution in [1.82, 2.24) is 24.8 Å². The third-order valence-corrected chi connectivity index (χ3v) is 9.26. The number of likely N-dealkylation sites (tertiary alicyclic amines) is 1. The molecule has 10 nitrogen and oxygen atoms in total. The average Bonchev–Trinajstić information content (AvgIpc) is 3.94. The van der Waals surface area contributed by atoms with Gasteiger partial charge in [-0.1, -0.05) is 78.9 Å². The van der Waals surface area contributed by atoms with E-state index in [9.17, 15) is 14.4 Å². The highest BCUT2D eigenvalue weighted by atomic mass is 16.4. The van der Waals surface area contributed by atoms with Crippen LogP contribution in [0.4, 0.5) is 5.69 Å². The van der Waals surface area contributed by atoms with E-state index in [1.165, 1.54) is 0 Å². The number of imidazole rings is 1. The molecule has 6 aromatic rings. The molecule has 2 N–H and O–H groups in total. The minimum Gasteiger partial charge on any atom is -0.436 e. The highest BCUT2D eigenvalue weighted by molar-refractivity contribution is 5.95. The third kappa shape index (κ3) is 8.02. The first-order chi connectivity index (χ1) is 25.4. The molecule has 1 fully saturated rings. The summed E-state index contributed by atoms with van der Waals surface area (Å²) in [6.07, 6.45) is 6.36. The van der Waals surface area contributed by atoms with Crippen LogP contribution >= 0.6 is 0 Å². The van der Waals surface area contributed by atoms with E-state index >= 15 is 0 Å². The van der Waals surface area contributed by atoms with Crippen LogP contribution in [0, 0.1) is 0 Å². The first kappa shape index (κ1) is 34.2. The Bertz CT molecular complexity index is 2190. The van der Waals surface area contributed by atoms with Crippen molar-refractivity contribution in [3.8, 4) is 22.8 Å². The van der Waals surface area contributed by atoms with Crippen molar-refractivity contribution in [3.05, 3.63) is 139 Å². The summed E-state index contributed by atoms with van der Waals surface area (Å²) in [5.74, 6) is 1.45. The van der Waals surface area contributed by atoms with Gasteiger partial charge in [0.05, 0.1) is 42.7 Å². The number of rotatable bonds is 13. The zero-order valence-corrected chi connectivity index (χ0v) is 28.8. The Morgan fingerprint density at radius 1 is 0.923 bits per heavy atom. The monoisotopic (exact) mass is 692 g/mol. The fourth-order valence-electron chi connectivity index (χ4n) is 6.63. The molecule has 52 heavy (non-hydrogen) atoms. The highest BCUT2D eigenvalue weighted by Gasteiger charge is 2.32. The second kappa shape index (κ2) is 15.7. The summed E-state index contributed by atoms with van der Waals surface area (Å²) < 4.78 is 6.20. The van der Waals surface area contributed by atoms with Crippen LogP contribution in [0.15, 0.2) is 126 Å². The molecule has 1 aliphatic rings. The van der Waals surface area contributed by atoms with Crippen molar-refractivity contribution in [2.45, 2.75) is 38.1 Å². The van der Waals surface area contributed by atoms with Gasteiger partial charge in [-0.05, 0) is 60.7 Å². The molecule has 0 saturated carbocycles. The van der Waals surface area contributed by atoms with E-state index in [2.05, 4.69) is 21.9 Å². The molecule has 2 aromatic heterocycles. The first-order valence-corrected chi connectivity index (χ1v) is 17.6. The number of nitrogens with zero attached hydrogens (tertiary/aromatic N) is 4. The standard InChI is InChI=1S/C42H40N6O4/c1-2-3-21-47(39(50)23-29-12-6-4-7-13-29)28-38(49)44-33-17-10-16-31(25-33)37-27-43-42(52-37)32-19-20-34-35(26-32)46-41(45-34)36-18-11-22-48(36)40(51)24-30-14-8-5-9-15-30/h2,4-10,12-17,19-20,25-27,36H,1,3,11,18,21-24,28H2,(H,44,49)(H,45,46). The summed E-state index contributed by atoms with van der Waals surface area (Å²) in [7, 11) is 0. The van der Waals surface area contributed by atoms with Crippen LogP contribution < -0.4 is 5.32 Å². The van der Waals surface area contributed by atoms with Crippen LogP contribution in [0.1, 0.15) is 42.3 Å². The van der Waals surface area contributed by atoms with Gasteiger partial charge in [0.1, 0.15) is 5.82 Å². The van der Waals surface area contributed by atoms with E-state index in [0.29, 0.717) is 43.3 Å². The van der Waals surface area contributed by atoms with Gasteiger partial charge in [0, 0.05) is 29.9 Å². The summed E-state index contributed by atoms with van der Waals surface area (Å²) in [6, 6.07) is 32.4. The predicted octanol–water partition coefficient (Wildman–Crippen LogP) is 7.38.